The second-order valence-corrected chi connectivity index (χ2v) is 8.61. The lowest BCUT2D eigenvalue weighted by Gasteiger charge is -2.27. The fourth-order valence-electron chi connectivity index (χ4n) is 3.15. The van der Waals surface area contributed by atoms with Gasteiger partial charge in [-0.15, -0.1) is 0 Å². The summed E-state index contributed by atoms with van der Waals surface area (Å²) in [6.07, 6.45) is 2.07. The van der Waals surface area contributed by atoms with Crippen LogP contribution in [0.4, 0.5) is 0 Å². The van der Waals surface area contributed by atoms with E-state index in [1.54, 1.807) is 29.2 Å². The molecule has 6 nitrogen and oxygen atoms in total. The number of hydrogen-bond acceptors (Lipinski definition) is 5. The number of nitrogens with zero attached hydrogens (tertiary/aromatic N) is 1. The van der Waals surface area contributed by atoms with E-state index in [1.807, 2.05) is 6.92 Å². The van der Waals surface area contributed by atoms with Gasteiger partial charge >= 0.3 is 0 Å². The van der Waals surface area contributed by atoms with Gasteiger partial charge in [0.25, 0.3) is 5.91 Å². The highest BCUT2D eigenvalue weighted by atomic mass is 32.2. The zero-order chi connectivity index (χ0) is 18.0. The summed E-state index contributed by atoms with van der Waals surface area (Å²) in [6, 6.07) is 7.60. The molecule has 2 aromatic rings. The van der Waals surface area contributed by atoms with Crippen LogP contribution in [0.25, 0.3) is 11.0 Å². The molecule has 0 saturated carbocycles. The van der Waals surface area contributed by atoms with Gasteiger partial charge in [-0.1, -0.05) is 25.5 Å². The predicted molar refractivity (Wildman–Crippen MR) is 95.5 cm³/mol. The first-order chi connectivity index (χ1) is 11.9. The zero-order valence-electron chi connectivity index (χ0n) is 14.1. The summed E-state index contributed by atoms with van der Waals surface area (Å²) >= 11 is 0. The second kappa shape index (κ2) is 7.00. The van der Waals surface area contributed by atoms with Crippen molar-refractivity contribution in [3.05, 3.63) is 46.3 Å². The second-order valence-electron chi connectivity index (χ2n) is 6.38. The normalized spacial score (nSPS) is 19.2. The molecule has 1 fully saturated rings. The highest BCUT2D eigenvalue weighted by molar-refractivity contribution is 7.91. The first kappa shape index (κ1) is 17.7. The number of benzene rings is 1. The van der Waals surface area contributed by atoms with E-state index in [1.165, 1.54) is 6.07 Å². The van der Waals surface area contributed by atoms with Gasteiger partial charge in [0.1, 0.15) is 5.58 Å². The molecule has 0 spiro atoms. The molecule has 1 aliphatic rings. The smallest absolute Gasteiger partial charge is 0.290 e. The molecule has 2 heterocycles. The third-order valence-corrected chi connectivity index (χ3v) is 6.26. The zero-order valence-corrected chi connectivity index (χ0v) is 14.9. The number of sulfone groups is 1. The van der Waals surface area contributed by atoms with Crippen LogP contribution in [-0.4, -0.2) is 43.3 Å². The maximum absolute atomic E-state index is 12.9. The lowest BCUT2D eigenvalue weighted by molar-refractivity contribution is 0.0662. The number of unbranched alkanes of at least 4 members (excludes halogenated alkanes) is 1. The Balaban J connectivity index is 1.96. The summed E-state index contributed by atoms with van der Waals surface area (Å²) in [5, 5.41) is 0.419. The number of fused-ring (bicyclic) bond motifs is 1. The minimum Gasteiger partial charge on any atom is -0.451 e. The van der Waals surface area contributed by atoms with E-state index in [9.17, 15) is 18.0 Å². The molecule has 1 unspecified atom stereocenters. The number of rotatable bonds is 5. The van der Waals surface area contributed by atoms with Gasteiger partial charge < -0.3 is 9.32 Å². The van der Waals surface area contributed by atoms with Crippen molar-refractivity contribution in [3.63, 3.8) is 0 Å². The third kappa shape index (κ3) is 3.76. The van der Waals surface area contributed by atoms with Gasteiger partial charge in [0.05, 0.1) is 16.9 Å². The minimum atomic E-state index is -3.11. The Labute approximate surface area is 146 Å². The van der Waals surface area contributed by atoms with Crippen LogP contribution in [0, 0.1) is 0 Å². The van der Waals surface area contributed by atoms with Crippen molar-refractivity contribution in [3.8, 4) is 0 Å². The van der Waals surface area contributed by atoms with E-state index in [4.69, 9.17) is 4.42 Å². The number of para-hydroxylation sites is 1. The minimum absolute atomic E-state index is 0.0275. The molecule has 3 rings (SSSR count). The first-order valence-corrected chi connectivity index (χ1v) is 10.3. The molecule has 0 bridgehead atoms. The van der Waals surface area contributed by atoms with Crippen LogP contribution in [0.3, 0.4) is 0 Å². The Morgan fingerprint density at radius 3 is 2.76 bits per heavy atom. The molecule has 134 valence electrons. The molecular formula is C18H21NO5S. The highest BCUT2D eigenvalue weighted by Gasteiger charge is 2.35. The van der Waals surface area contributed by atoms with E-state index < -0.39 is 15.7 Å². The number of carbonyl (C=O) groups excluding carboxylic acids is 1. The number of hydrogen-bond donors (Lipinski definition) is 0. The monoisotopic (exact) mass is 363 g/mol. The van der Waals surface area contributed by atoms with Gasteiger partial charge in [-0.3, -0.25) is 9.59 Å². The summed E-state index contributed by atoms with van der Waals surface area (Å²) in [6.45, 7) is 2.45. The third-order valence-electron chi connectivity index (χ3n) is 4.51. The van der Waals surface area contributed by atoms with Crippen molar-refractivity contribution < 1.29 is 17.6 Å². The maximum atomic E-state index is 12.9. The number of amides is 1. The molecule has 1 amide bonds. The average molecular weight is 363 g/mol. The van der Waals surface area contributed by atoms with Crippen LogP contribution >= 0.6 is 0 Å². The van der Waals surface area contributed by atoms with Gasteiger partial charge in [-0.25, -0.2) is 8.42 Å². The molecular weight excluding hydrogens is 342 g/mol. The van der Waals surface area contributed by atoms with Crippen LogP contribution in [-0.2, 0) is 9.84 Å². The Bertz CT molecular complexity index is 947. The molecule has 1 saturated heterocycles. The molecule has 0 aliphatic carbocycles. The topological polar surface area (TPSA) is 84.7 Å². The summed E-state index contributed by atoms with van der Waals surface area (Å²) < 4.78 is 29.2. The van der Waals surface area contributed by atoms with Crippen LogP contribution in [0.5, 0.6) is 0 Å². The molecule has 1 aliphatic heterocycles. The van der Waals surface area contributed by atoms with Gasteiger partial charge in [0.2, 0.25) is 0 Å². The Morgan fingerprint density at radius 2 is 2.08 bits per heavy atom. The van der Waals surface area contributed by atoms with E-state index in [2.05, 4.69) is 0 Å². The highest BCUT2D eigenvalue weighted by Crippen LogP contribution is 2.21. The fourth-order valence-corrected chi connectivity index (χ4v) is 4.88. The van der Waals surface area contributed by atoms with Crippen molar-refractivity contribution in [2.75, 3.05) is 18.1 Å². The fraction of sp³-hybridized carbons (Fsp3) is 0.444. The van der Waals surface area contributed by atoms with Crippen LogP contribution in [0.2, 0.25) is 0 Å². The standard InChI is InChI=1S/C18H21NO5S/c1-2-3-9-19(13-8-10-25(22,23)12-13)18(21)17-11-15(20)14-6-4-5-7-16(14)24-17/h4-7,11,13H,2-3,8-10,12H2,1H3. The van der Waals surface area contributed by atoms with Crippen LogP contribution in [0.15, 0.2) is 39.5 Å². The maximum Gasteiger partial charge on any atom is 0.290 e. The van der Waals surface area contributed by atoms with Crippen LogP contribution in [0.1, 0.15) is 36.7 Å². The lowest BCUT2D eigenvalue weighted by Crippen LogP contribution is -2.42. The molecule has 7 heteroatoms. The van der Waals surface area contributed by atoms with Crippen LogP contribution < -0.4 is 5.43 Å². The summed E-state index contributed by atoms with van der Waals surface area (Å²) in [4.78, 5) is 26.7. The summed E-state index contributed by atoms with van der Waals surface area (Å²) in [5.41, 5.74) is 0.0764. The van der Waals surface area contributed by atoms with E-state index >= 15 is 0 Å². The van der Waals surface area contributed by atoms with Crippen molar-refractivity contribution in [1.82, 2.24) is 4.90 Å². The quantitative estimate of drug-likeness (QED) is 0.813. The van der Waals surface area contributed by atoms with Gasteiger partial charge in [-0.2, -0.15) is 0 Å². The molecule has 0 N–H and O–H groups in total. The molecule has 0 radical (unpaired) electrons. The molecule has 1 atom stereocenters. The molecule has 1 aromatic carbocycles. The number of carbonyl (C=O) groups is 1. The van der Waals surface area contributed by atoms with E-state index in [0.29, 0.717) is 23.9 Å². The molecule has 25 heavy (non-hydrogen) atoms. The Morgan fingerprint density at radius 1 is 1.32 bits per heavy atom. The largest absolute Gasteiger partial charge is 0.451 e. The van der Waals surface area contributed by atoms with Crippen molar-refractivity contribution in [2.45, 2.75) is 32.2 Å². The summed E-state index contributed by atoms with van der Waals surface area (Å²) in [7, 11) is -3.11. The first-order valence-electron chi connectivity index (χ1n) is 8.45. The van der Waals surface area contributed by atoms with E-state index in [0.717, 1.165) is 12.8 Å². The summed E-state index contributed by atoms with van der Waals surface area (Å²) in [5.74, 6) is -0.391. The van der Waals surface area contributed by atoms with Crippen molar-refractivity contribution in [2.24, 2.45) is 0 Å². The molecule has 1 aromatic heterocycles. The lowest BCUT2D eigenvalue weighted by atomic mass is 10.1. The van der Waals surface area contributed by atoms with Gasteiger partial charge in [0, 0.05) is 18.7 Å². The SMILES string of the molecule is CCCCN(C(=O)c1cc(=O)c2ccccc2o1)C1CCS(=O)(=O)C1. The Hall–Kier alpha value is -2.15. The van der Waals surface area contributed by atoms with Crippen molar-refractivity contribution in [1.29, 1.82) is 0 Å². The average Bonchev–Trinajstić information content (AvgIpc) is 2.94. The van der Waals surface area contributed by atoms with E-state index in [-0.39, 0.29) is 28.7 Å². The predicted octanol–water partition coefficient (Wildman–Crippen LogP) is 2.22. The Kier molecular flexibility index (Phi) is 4.94. The van der Waals surface area contributed by atoms with Gasteiger partial charge in [-0.05, 0) is 25.0 Å². The van der Waals surface area contributed by atoms with Gasteiger partial charge in [0.15, 0.2) is 21.0 Å². The van der Waals surface area contributed by atoms with Crippen molar-refractivity contribution >= 4 is 26.7 Å².